The van der Waals surface area contributed by atoms with Gasteiger partial charge in [0.05, 0.1) is 17.3 Å². The number of carbonyl (C=O) groups excluding carboxylic acids is 1. The van der Waals surface area contributed by atoms with Gasteiger partial charge in [-0.2, -0.15) is 0 Å². The molecule has 2 atom stereocenters. The number of fused-ring (bicyclic) bond motifs is 6. The van der Waals surface area contributed by atoms with Crippen molar-refractivity contribution in [3.05, 3.63) is 144 Å². The number of para-hydroxylation sites is 2. The Labute approximate surface area is 309 Å². The van der Waals surface area contributed by atoms with Crippen LogP contribution in [0.3, 0.4) is 0 Å². The molecule has 4 aliphatic rings. The van der Waals surface area contributed by atoms with Gasteiger partial charge in [-0.1, -0.05) is 84.9 Å². The van der Waals surface area contributed by atoms with E-state index in [1.54, 1.807) is 11.8 Å². The predicted octanol–water partition coefficient (Wildman–Crippen LogP) is 11.1. The van der Waals surface area contributed by atoms with Crippen LogP contribution in [0, 0.1) is 0 Å². The molecule has 6 aromatic carbocycles. The van der Waals surface area contributed by atoms with Crippen LogP contribution in [-0.2, 0) is 18.4 Å². The second-order valence-corrected chi connectivity index (χ2v) is 16.2. The molecule has 6 heteroatoms. The van der Waals surface area contributed by atoms with E-state index in [0.717, 1.165) is 61.7 Å². The molecule has 0 radical (unpaired) electrons. The average molecular weight is 698 g/mol. The molecule has 2 unspecified atom stereocenters. The van der Waals surface area contributed by atoms with Gasteiger partial charge in [0.25, 0.3) is 0 Å². The summed E-state index contributed by atoms with van der Waals surface area (Å²) in [5.41, 5.74) is 9.86. The van der Waals surface area contributed by atoms with Crippen LogP contribution >= 0.6 is 11.8 Å². The lowest BCUT2D eigenvalue weighted by Crippen LogP contribution is -2.61. The van der Waals surface area contributed by atoms with E-state index in [4.69, 9.17) is 9.73 Å². The Balaban J connectivity index is 1.17. The fraction of sp³-hybridized carbons (Fsp3) is 0.217. The number of ether oxygens (including phenoxy) is 1. The van der Waals surface area contributed by atoms with Gasteiger partial charge in [-0.15, -0.1) is 11.8 Å². The van der Waals surface area contributed by atoms with Gasteiger partial charge in [-0.05, 0) is 85.3 Å². The zero-order valence-electron chi connectivity index (χ0n) is 29.6. The Morgan fingerprint density at radius 2 is 1.56 bits per heavy atom. The van der Waals surface area contributed by atoms with E-state index in [-0.39, 0.29) is 11.8 Å². The lowest BCUT2D eigenvalue weighted by Gasteiger charge is -2.46. The van der Waals surface area contributed by atoms with Gasteiger partial charge in [-0.3, -0.25) is 9.79 Å². The summed E-state index contributed by atoms with van der Waals surface area (Å²) in [6.07, 6.45) is 3.62. The molecule has 0 bridgehead atoms. The third-order valence-corrected chi connectivity index (χ3v) is 12.8. The minimum Gasteiger partial charge on any atom is -0.459 e. The lowest BCUT2D eigenvalue weighted by atomic mass is 9.77. The van der Waals surface area contributed by atoms with Crippen LogP contribution in [0.1, 0.15) is 54.2 Å². The molecule has 52 heavy (non-hydrogen) atoms. The number of thioether (sulfide) groups is 1. The Hall–Kier alpha value is -5.33. The molecule has 0 saturated carbocycles. The molecule has 10 rings (SSSR count). The van der Waals surface area contributed by atoms with Crippen molar-refractivity contribution in [3.8, 4) is 16.9 Å². The molecule has 0 fully saturated rings. The first-order valence-corrected chi connectivity index (χ1v) is 19.2. The summed E-state index contributed by atoms with van der Waals surface area (Å²) in [5, 5.41) is 2.16. The summed E-state index contributed by atoms with van der Waals surface area (Å²) in [6.45, 7) is 7.55. The maximum atomic E-state index is 12.9. The number of anilines is 3. The highest BCUT2D eigenvalue weighted by Crippen LogP contribution is 2.57. The second kappa shape index (κ2) is 11.6. The summed E-state index contributed by atoms with van der Waals surface area (Å²) in [6, 6.07) is 43.6. The molecule has 5 nitrogen and oxygen atoms in total. The second-order valence-electron chi connectivity index (χ2n) is 15.1. The molecule has 6 aromatic rings. The lowest BCUT2D eigenvalue weighted by molar-refractivity contribution is 0.0765. The zero-order valence-corrected chi connectivity index (χ0v) is 30.4. The molecule has 0 aliphatic carbocycles. The van der Waals surface area contributed by atoms with Crippen molar-refractivity contribution in [2.75, 3.05) is 15.6 Å². The topological polar surface area (TPSA) is 45.1 Å². The van der Waals surface area contributed by atoms with Gasteiger partial charge in [-0.25, -0.2) is 0 Å². The number of aliphatic imine (C=N–C) groups is 1. The van der Waals surface area contributed by atoms with Crippen LogP contribution in [0.15, 0.2) is 131 Å². The van der Waals surface area contributed by atoms with Gasteiger partial charge in [0.15, 0.2) is 11.5 Å². The number of nitrogens with zero attached hydrogens (tertiary/aromatic N) is 3. The van der Waals surface area contributed by atoms with E-state index >= 15 is 0 Å². The van der Waals surface area contributed by atoms with Crippen molar-refractivity contribution in [2.24, 2.45) is 4.99 Å². The number of hydrogen-bond donors (Lipinski definition) is 0. The number of ketones is 1. The average Bonchev–Trinajstić information content (AvgIpc) is 3.59. The van der Waals surface area contributed by atoms with Gasteiger partial charge in [0, 0.05) is 63.4 Å². The third kappa shape index (κ3) is 4.56. The normalized spacial score (nSPS) is 20.8. The summed E-state index contributed by atoms with van der Waals surface area (Å²) in [5.74, 6) is 1.86. The van der Waals surface area contributed by atoms with Gasteiger partial charge in [0.2, 0.25) is 5.72 Å². The molecule has 4 heterocycles. The van der Waals surface area contributed by atoms with Crippen LogP contribution < -0.4 is 14.5 Å². The number of Topliss-reactive ketones (excluding diaryl/α,β-unsaturated/α-hetero) is 1. The number of benzene rings is 6. The minimum absolute atomic E-state index is 0.229. The molecule has 0 aromatic heterocycles. The zero-order chi connectivity index (χ0) is 35.2. The van der Waals surface area contributed by atoms with Crippen molar-refractivity contribution in [3.63, 3.8) is 0 Å². The Morgan fingerprint density at radius 3 is 2.42 bits per heavy atom. The quantitative estimate of drug-likeness (QED) is 0.183. The summed E-state index contributed by atoms with van der Waals surface area (Å²) >= 11 is 1.77. The molecular formula is C46H39N3O2S. The number of hydrogen-bond acceptors (Lipinski definition) is 6. The van der Waals surface area contributed by atoms with Gasteiger partial charge in [0.1, 0.15) is 5.69 Å². The fourth-order valence-electron chi connectivity index (χ4n) is 9.01. The smallest absolute Gasteiger partial charge is 0.229 e. The summed E-state index contributed by atoms with van der Waals surface area (Å²) in [4.78, 5) is 24.3. The molecule has 1 spiro atoms. The maximum Gasteiger partial charge on any atom is 0.229 e. The van der Waals surface area contributed by atoms with Crippen LogP contribution in [0.4, 0.5) is 22.7 Å². The molecule has 0 saturated heterocycles. The van der Waals surface area contributed by atoms with E-state index in [2.05, 4.69) is 158 Å². The van der Waals surface area contributed by atoms with Crippen molar-refractivity contribution in [1.29, 1.82) is 0 Å². The standard InChI is InChI=1S/C46H39N3O2S/c1-29-23-33-13-7-9-15-38(33)49(29)40-26-42-44(34-19-17-31(24-35(34)40)32-18-20-43-36(25-32)41(50)21-22-52-43)47-28-46(51-42)45(2,3)37-14-8-10-16-39(37)48(46)27-30-11-5-4-6-12-30/h4-20,24-26,28-29H,21-23,27H2,1-3H3. The number of rotatable bonds is 4. The fourth-order valence-corrected chi connectivity index (χ4v) is 10.0. The summed E-state index contributed by atoms with van der Waals surface area (Å²) in [7, 11) is 0. The highest BCUT2D eigenvalue weighted by molar-refractivity contribution is 7.99. The van der Waals surface area contributed by atoms with E-state index in [1.165, 1.54) is 28.1 Å². The van der Waals surface area contributed by atoms with Crippen molar-refractivity contribution in [1.82, 2.24) is 0 Å². The van der Waals surface area contributed by atoms with Crippen LogP contribution in [0.5, 0.6) is 5.75 Å². The Kier molecular flexibility index (Phi) is 7.00. The molecule has 256 valence electrons. The predicted molar refractivity (Wildman–Crippen MR) is 214 cm³/mol. The SMILES string of the molecule is CC1Cc2ccccc2N1c1cc2c(c3ccc(-c4ccc5c(c4)C(=O)CCS5)cc13)N=CC1(O2)N(Cc2ccccc2)c2ccccc2C1(C)C. The van der Waals surface area contributed by atoms with E-state index < -0.39 is 11.1 Å². The largest absolute Gasteiger partial charge is 0.459 e. The van der Waals surface area contributed by atoms with Crippen molar-refractivity contribution < 1.29 is 9.53 Å². The highest BCUT2D eigenvalue weighted by Gasteiger charge is 2.59. The molecule has 4 aliphatic heterocycles. The maximum absolute atomic E-state index is 12.9. The summed E-state index contributed by atoms with van der Waals surface area (Å²) < 4.78 is 7.49. The van der Waals surface area contributed by atoms with Crippen LogP contribution in [0.2, 0.25) is 0 Å². The molecule has 0 amide bonds. The van der Waals surface area contributed by atoms with Crippen molar-refractivity contribution in [2.45, 2.75) is 62.2 Å². The first kappa shape index (κ1) is 31.4. The Bertz CT molecular complexity index is 2470. The first-order valence-electron chi connectivity index (χ1n) is 18.3. The van der Waals surface area contributed by atoms with E-state index in [9.17, 15) is 4.79 Å². The molecular weight excluding hydrogens is 659 g/mol. The Morgan fingerprint density at radius 1 is 0.808 bits per heavy atom. The van der Waals surface area contributed by atoms with E-state index in [0.29, 0.717) is 13.0 Å². The van der Waals surface area contributed by atoms with Crippen LogP contribution in [-0.4, -0.2) is 29.5 Å². The van der Waals surface area contributed by atoms with E-state index in [1.807, 2.05) is 0 Å². The van der Waals surface area contributed by atoms with Crippen molar-refractivity contribution >= 4 is 57.3 Å². The first-order chi connectivity index (χ1) is 25.3. The highest BCUT2D eigenvalue weighted by atomic mass is 32.2. The van der Waals surface area contributed by atoms with Crippen LogP contribution in [0.25, 0.3) is 21.9 Å². The third-order valence-electron chi connectivity index (χ3n) is 11.7. The van der Waals surface area contributed by atoms with Gasteiger partial charge < -0.3 is 14.5 Å². The minimum atomic E-state index is -0.855. The van der Waals surface area contributed by atoms with Gasteiger partial charge >= 0.3 is 0 Å². The monoisotopic (exact) mass is 697 g/mol. The molecule has 0 N–H and O–H groups in total. The number of carbonyl (C=O) groups is 1.